The minimum Gasteiger partial charge on any atom is -0.378 e. The number of carbonyl (C=O) groups is 2. The number of nitrogens with zero attached hydrogens (tertiary/aromatic N) is 1. The lowest BCUT2D eigenvalue weighted by Gasteiger charge is -2.32. The summed E-state index contributed by atoms with van der Waals surface area (Å²) in [5.41, 5.74) is 6.44. The van der Waals surface area contributed by atoms with Gasteiger partial charge in [-0.2, -0.15) is 0 Å². The Balaban J connectivity index is 1.94. The first-order chi connectivity index (χ1) is 10.6. The van der Waals surface area contributed by atoms with Crippen LogP contribution >= 0.6 is 0 Å². The maximum atomic E-state index is 12.6. The van der Waals surface area contributed by atoms with Gasteiger partial charge in [-0.3, -0.25) is 9.59 Å². The summed E-state index contributed by atoms with van der Waals surface area (Å²) in [7, 11) is 0. The lowest BCUT2D eigenvalue weighted by molar-refractivity contribution is 0.00840. The molecule has 2 rings (SSSR count). The molecule has 1 heterocycles. The molecular formula is C17H24N2O3. The highest BCUT2D eigenvalue weighted by molar-refractivity contribution is 6.07. The van der Waals surface area contributed by atoms with Crippen LogP contribution < -0.4 is 5.73 Å². The van der Waals surface area contributed by atoms with E-state index in [0.717, 1.165) is 19.3 Å². The average molecular weight is 304 g/mol. The number of ether oxygens (including phenoxy) is 1. The van der Waals surface area contributed by atoms with Gasteiger partial charge in [-0.1, -0.05) is 18.2 Å². The van der Waals surface area contributed by atoms with Gasteiger partial charge in [0.15, 0.2) is 5.78 Å². The maximum absolute atomic E-state index is 12.6. The summed E-state index contributed by atoms with van der Waals surface area (Å²) in [5.74, 6) is -0.143. The minimum absolute atomic E-state index is 0.0637. The van der Waals surface area contributed by atoms with E-state index < -0.39 is 0 Å². The quantitative estimate of drug-likeness (QED) is 0.643. The second-order valence-corrected chi connectivity index (χ2v) is 5.61. The van der Waals surface area contributed by atoms with E-state index in [1.165, 1.54) is 6.92 Å². The Kier molecular flexibility index (Phi) is 6.10. The highest BCUT2D eigenvalue weighted by Gasteiger charge is 2.25. The smallest absolute Gasteiger partial charge is 0.254 e. The van der Waals surface area contributed by atoms with E-state index in [2.05, 4.69) is 0 Å². The molecule has 1 aliphatic rings. The van der Waals surface area contributed by atoms with Crippen LogP contribution in [0.5, 0.6) is 0 Å². The molecule has 1 aliphatic heterocycles. The number of benzene rings is 1. The van der Waals surface area contributed by atoms with Crippen LogP contribution in [-0.2, 0) is 4.74 Å². The monoisotopic (exact) mass is 304 g/mol. The second kappa shape index (κ2) is 8.06. The van der Waals surface area contributed by atoms with Crippen LogP contribution in [0.4, 0.5) is 0 Å². The molecule has 0 atom stereocenters. The van der Waals surface area contributed by atoms with Crippen LogP contribution in [0.25, 0.3) is 0 Å². The highest BCUT2D eigenvalue weighted by Crippen LogP contribution is 2.18. The zero-order valence-electron chi connectivity index (χ0n) is 13.1. The van der Waals surface area contributed by atoms with Crippen LogP contribution in [0.3, 0.4) is 0 Å². The summed E-state index contributed by atoms with van der Waals surface area (Å²) in [6, 6.07) is 7.01. The Labute approximate surface area is 131 Å². The molecular weight excluding hydrogens is 280 g/mol. The minimum atomic E-state index is -0.0797. The number of amides is 1. The number of hydrogen-bond acceptors (Lipinski definition) is 4. The number of nitrogens with two attached hydrogens (primary N) is 1. The molecule has 1 fully saturated rings. The Morgan fingerprint density at radius 1 is 1.23 bits per heavy atom. The molecule has 1 aromatic rings. The lowest BCUT2D eigenvalue weighted by Crippen LogP contribution is -2.41. The SMILES string of the molecule is CC(=O)c1ccccc1C(=O)N1CCC(OCCCN)CC1. The van der Waals surface area contributed by atoms with Gasteiger partial charge in [-0.05, 0) is 38.8 Å². The fraction of sp³-hybridized carbons (Fsp3) is 0.529. The molecule has 0 radical (unpaired) electrons. The average Bonchev–Trinajstić information content (AvgIpc) is 2.55. The Bertz CT molecular complexity index is 522. The molecule has 1 saturated heterocycles. The lowest BCUT2D eigenvalue weighted by atomic mass is 10.0. The van der Waals surface area contributed by atoms with Crippen LogP contribution in [0.1, 0.15) is 46.9 Å². The van der Waals surface area contributed by atoms with Crippen molar-refractivity contribution < 1.29 is 14.3 Å². The van der Waals surface area contributed by atoms with Gasteiger partial charge in [0.1, 0.15) is 0 Å². The Morgan fingerprint density at radius 2 is 1.86 bits per heavy atom. The molecule has 22 heavy (non-hydrogen) atoms. The topological polar surface area (TPSA) is 72.6 Å². The van der Waals surface area contributed by atoms with Crippen molar-refractivity contribution >= 4 is 11.7 Å². The molecule has 0 unspecified atom stereocenters. The summed E-state index contributed by atoms with van der Waals surface area (Å²) < 4.78 is 5.75. The van der Waals surface area contributed by atoms with Crippen LogP contribution in [-0.4, -0.2) is 48.9 Å². The van der Waals surface area contributed by atoms with E-state index in [-0.39, 0.29) is 17.8 Å². The van der Waals surface area contributed by atoms with Crippen LogP contribution in [0.15, 0.2) is 24.3 Å². The van der Waals surface area contributed by atoms with Gasteiger partial charge >= 0.3 is 0 Å². The van der Waals surface area contributed by atoms with Crippen LogP contribution in [0.2, 0.25) is 0 Å². The van der Waals surface area contributed by atoms with Gasteiger partial charge in [0, 0.05) is 25.3 Å². The van der Waals surface area contributed by atoms with E-state index >= 15 is 0 Å². The molecule has 0 aromatic heterocycles. The van der Waals surface area contributed by atoms with Crippen molar-refractivity contribution in [2.75, 3.05) is 26.2 Å². The summed E-state index contributed by atoms with van der Waals surface area (Å²) in [4.78, 5) is 26.1. The van der Waals surface area contributed by atoms with E-state index in [1.807, 2.05) is 4.90 Å². The number of Topliss-reactive ketones (excluding diaryl/α,β-unsaturated/α-hetero) is 1. The van der Waals surface area contributed by atoms with E-state index in [0.29, 0.717) is 37.4 Å². The Hall–Kier alpha value is -1.72. The van der Waals surface area contributed by atoms with Gasteiger partial charge in [0.2, 0.25) is 0 Å². The van der Waals surface area contributed by atoms with E-state index in [9.17, 15) is 9.59 Å². The van der Waals surface area contributed by atoms with Gasteiger partial charge < -0.3 is 15.4 Å². The highest BCUT2D eigenvalue weighted by atomic mass is 16.5. The van der Waals surface area contributed by atoms with Crippen molar-refractivity contribution in [3.8, 4) is 0 Å². The largest absolute Gasteiger partial charge is 0.378 e. The van der Waals surface area contributed by atoms with Crippen LogP contribution in [0, 0.1) is 0 Å². The summed E-state index contributed by atoms with van der Waals surface area (Å²) >= 11 is 0. The molecule has 0 spiro atoms. The van der Waals surface area contributed by atoms with Crippen molar-refractivity contribution in [3.63, 3.8) is 0 Å². The standard InChI is InChI=1S/C17H24N2O3/c1-13(20)15-5-2-3-6-16(15)17(21)19-10-7-14(8-11-19)22-12-4-9-18/h2-3,5-6,14H,4,7-12,18H2,1H3. The number of hydrogen-bond donors (Lipinski definition) is 1. The third-order valence-electron chi connectivity index (χ3n) is 3.97. The number of piperidine rings is 1. The second-order valence-electron chi connectivity index (χ2n) is 5.61. The molecule has 0 aliphatic carbocycles. The van der Waals surface area contributed by atoms with Gasteiger partial charge in [-0.25, -0.2) is 0 Å². The normalized spacial score (nSPS) is 15.8. The molecule has 1 amide bonds. The number of carbonyl (C=O) groups excluding carboxylic acids is 2. The zero-order valence-corrected chi connectivity index (χ0v) is 13.1. The number of likely N-dealkylation sites (tertiary alicyclic amines) is 1. The summed E-state index contributed by atoms with van der Waals surface area (Å²) in [5, 5.41) is 0. The first-order valence-electron chi connectivity index (χ1n) is 7.84. The van der Waals surface area contributed by atoms with Crippen molar-refractivity contribution in [1.29, 1.82) is 0 Å². The van der Waals surface area contributed by atoms with Crippen molar-refractivity contribution in [2.45, 2.75) is 32.3 Å². The molecule has 0 saturated carbocycles. The third-order valence-corrected chi connectivity index (χ3v) is 3.97. The van der Waals surface area contributed by atoms with Gasteiger partial charge in [0.25, 0.3) is 5.91 Å². The zero-order chi connectivity index (χ0) is 15.9. The number of ketones is 1. The molecule has 0 bridgehead atoms. The third kappa shape index (κ3) is 4.15. The maximum Gasteiger partial charge on any atom is 0.254 e. The molecule has 120 valence electrons. The predicted molar refractivity (Wildman–Crippen MR) is 85.0 cm³/mol. The predicted octanol–water partition coefficient (Wildman–Crippen LogP) is 1.86. The first-order valence-corrected chi connectivity index (χ1v) is 7.84. The fourth-order valence-corrected chi connectivity index (χ4v) is 2.71. The summed E-state index contributed by atoms with van der Waals surface area (Å²) in [6.07, 6.45) is 2.74. The molecule has 2 N–H and O–H groups in total. The molecule has 1 aromatic carbocycles. The number of rotatable bonds is 6. The van der Waals surface area contributed by atoms with Gasteiger partial charge in [-0.15, -0.1) is 0 Å². The molecule has 5 heteroatoms. The van der Waals surface area contributed by atoms with Crippen molar-refractivity contribution in [3.05, 3.63) is 35.4 Å². The Morgan fingerprint density at radius 3 is 2.45 bits per heavy atom. The summed E-state index contributed by atoms with van der Waals surface area (Å²) in [6.45, 7) is 4.14. The van der Waals surface area contributed by atoms with E-state index in [4.69, 9.17) is 10.5 Å². The van der Waals surface area contributed by atoms with Crippen molar-refractivity contribution in [1.82, 2.24) is 4.90 Å². The van der Waals surface area contributed by atoms with Gasteiger partial charge in [0.05, 0.1) is 11.7 Å². The fourth-order valence-electron chi connectivity index (χ4n) is 2.71. The van der Waals surface area contributed by atoms with Crippen molar-refractivity contribution in [2.24, 2.45) is 5.73 Å². The van der Waals surface area contributed by atoms with E-state index in [1.54, 1.807) is 24.3 Å². The molecule has 5 nitrogen and oxygen atoms in total. The first kappa shape index (κ1) is 16.6.